The molecule has 102 valence electrons. The fourth-order valence-corrected chi connectivity index (χ4v) is 3.04. The average molecular weight is 251 g/mol. The Morgan fingerprint density at radius 2 is 1.94 bits per heavy atom. The van der Waals surface area contributed by atoms with Gasteiger partial charge in [-0.3, -0.25) is 0 Å². The number of nitrogens with zero attached hydrogens (tertiary/aromatic N) is 2. The highest BCUT2D eigenvalue weighted by molar-refractivity contribution is 5.11. The van der Waals surface area contributed by atoms with E-state index in [4.69, 9.17) is 10.3 Å². The van der Waals surface area contributed by atoms with Crippen LogP contribution in [0.15, 0.2) is 4.52 Å². The molecule has 1 aliphatic rings. The summed E-state index contributed by atoms with van der Waals surface area (Å²) in [6, 6.07) is 0. The summed E-state index contributed by atoms with van der Waals surface area (Å²) in [5, 5.41) is 4.07. The second-order valence-corrected chi connectivity index (χ2v) is 6.73. The largest absolute Gasteiger partial charge is 0.339 e. The molecule has 4 heteroatoms. The quantitative estimate of drug-likeness (QED) is 0.893. The van der Waals surface area contributed by atoms with Gasteiger partial charge in [-0.05, 0) is 39.0 Å². The summed E-state index contributed by atoms with van der Waals surface area (Å²) in [6.07, 6.45) is 5.97. The van der Waals surface area contributed by atoms with Gasteiger partial charge in [0.05, 0.1) is 5.54 Å². The highest BCUT2D eigenvalue weighted by atomic mass is 16.5. The number of rotatable bonds is 4. The third-order valence-corrected chi connectivity index (χ3v) is 3.82. The van der Waals surface area contributed by atoms with Crippen LogP contribution in [0.1, 0.15) is 71.5 Å². The maximum absolute atomic E-state index is 6.03. The summed E-state index contributed by atoms with van der Waals surface area (Å²) < 4.78 is 5.54. The molecule has 0 unspecified atom stereocenters. The van der Waals surface area contributed by atoms with E-state index < -0.39 is 5.54 Å². The molecule has 0 aliphatic heterocycles. The smallest absolute Gasteiger partial charge is 0.232 e. The third kappa shape index (κ3) is 2.58. The van der Waals surface area contributed by atoms with Crippen LogP contribution in [-0.4, -0.2) is 10.1 Å². The van der Waals surface area contributed by atoms with Crippen molar-refractivity contribution in [3.63, 3.8) is 0 Å². The predicted octanol–water partition coefficient (Wildman–Crippen LogP) is 3.12. The highest BCUT2D eigenvalue weighted by Gasteiger charge is 2.41. The second kappa shape index (κ2) is 4.65. The van der Waals surface area contributed by atoms with E-state index in [1.807, 2.05) is 13.8 Å². The molecule has 0 radical (unpaired) electrons. The summed E-state index contributed by atoms with van der Waals surface area (Å²) in [5.74, 6) is 2.07. The minimum Gasteiger partial charge on any atom is -0.339 e. The zero-order valence-corrected chi connectivity index (χ0v) is 12.0. The molecule has 4 nitrogen and oxygen atoms in total. The standard InChI is InChI=1S/C14H25N3O/c1-10(2)9-14(7-5-6-8-14)12-16-11(17-18-12)13(3,4)15/h10H,5-9,15H2,1-4H3. The molecule has 2 N–H and O–H groups in total. The topological polar surface area (TPSA) is 64.9 Å². The van der Waals surface area contributed by atoms with Crippen molar-refractivity contribution < 1.29 is 4.52 Å². The van der Waals surface area contributed by atoms with E-state index in [0.717, 1.165) is 25.2 Å². The summed E-state index contributed by atoms with van der Waals surface area (Å²) in [4.78, 5) is 4.59. The normalized spacial score (nSPS) is 19.7. The first-order valence-electron chi connectivity index (χ1n) is 6.97. The van der Waals surface area contributed by atoms with Gasteiger partial charge in [-0.15, -0.1) is 0 Å². The first kappa shape index (κ1) is 13.5. The Hall–Kier alpha value is -0.900. The number of nitrogens with two attached hydrogens (primary N) is 1. The predicted molar refractivity (Wildman–Crippen MR) is 71.1 cm³/mol. The number of aromatic nitrogens is 2. The second-order valence-electron chi connectivity index (χ2n) is 6.73. The minimum absolute atomic E-state index is 0.102. The Morgan fingerprint density at radius 1 is 1.33 bits per heavy atom. The molecule has 0 spiro atoms. The van der Waals surface area contributed by atoms with Gasteiger partial charge in [-0.1, -0.05) is 31.8 Å². The molecular formula is C14H25N3O. The van der Waals surface area contributed by atoms with Crippen LogP contribution < -0.4 is 5.73 Å². The molecule has 0 saturated heterocycles. The van der Waals surface area contributed by atoms with Crippen molar-refractivity contribution in [2.45, 2.75) is 70.8 Å². The van der Waals surface area contributed by atoms with E-state index in [1.54, 1.807) is 0 Å². The van der Waals surface area contributed by atoms with Crippen molar-refractivity contribution in [2.75, 3.05) is 0 Å². The molecular weight excluding hydrogens is 226 g/mol. The Labute approximate surface area is 109 Å². The fraction of sp³-hybridized carbons (Fsp3) is 0.857. The van der Waals surface area contributed by atoms with E-state index in [-0.39, 0.29) is 5.41 Å². The molecule has 1 saturated carbocycles. The van der Waals surface area contributed by atoms with Crippen LogP contribution in [0.4, 0.5) is 0 Å². The Balaban J connectivity index is 2.29. The van der Waals surface area contributed by atoms with Crippen LogP contribution in [0.3, 0.4) is 0 Å². The molecule has 1 heterocycles. The maximum Gasteiger partial charge on any atom is 0.232 e. The van der Waals surface area contributed by atoms with Crippen LogP contribution in [0.2, 0.25) is 0 Å². The zero-order valence-electron chi connectivity index (χ0n) is 12.0. The fourth-order valence-electron chi connectivity index (χ4n) is 3.04. The van der Waals surface area contributed by atoms with Gasteiger partial charge in [0.15, 0.2) is 5.82 Å². The van der Waals surface area contributed by atoms with Crippen molar-refractivity contribution in [3.05, 3.63) is 11.7 Å². The molecule has 1 aliphatic carbocycles. The molecule has 0 atom stereocenters. The Morgan fingerprint density at radius 3 is 2.39 bits per heavy atom. The molecule has 0 bridgehead atoms. The monoisotopic (exact) mass is 251 g/mol. The van der Waals surface area contributed by atoms with Gasteiger partial charge in [-0.25, -0.2) is 0 Å². The molecule has 1 aromatic heterocycles. The van der Waals surface area contributed by atoms with Crippen LogP contribution in [0.25, 0.3) is 0 Å². The van der Waals surface area contributed by atoms with E-state index in [9.17, 15) is 0 Å². The lowest BCUT2D eigenvalue weighted by Crippen LogP contribution is -2.31. The minimum atomic E-state index is -0.528. The first-order valence-corrected chi connectivity index (χ1v) is 6.97. The summed E-state index contributed by atoms with van der Waals surface area (Å²) in [7, 11) is 0. The van der Waals surface area contributed by atoms with Crippen LogP contribution >= 0.6 is 0 Å². The molecule has 0 aromatic carbocycles. The summed E-state index contributed by atoms with van der Waals surface area (Å²) in [6.45, 7) is 8.32. The SMILES string of the molecule is CC(C)CC1(c2nc(C(C)(C)N)no2)CCCC1. The molecule has 2 rings (SSSR count). The lowest BCUT2D eigenvalue weighted by Gasteiger charge is -2.26. The van der Waals surface area contributed by atoms with Crippen LogP contribution in [0, 0.1) is 5.92 Å². The molecule has 1 fully saturated rings. The van der Waals surface area contributed by atoms with Gasteiger partial charge in [0.1, 0.15) is 0 Å². The van der Waals surface area contributed by atoms with Crippen molar-refractivity contribution in [3.8, 4) is 0 Å². The van der Waals surface area contributed by atoms with Crippen LogP contribution in [-0.2, 0) is 11.0 Å². The third-order valence-electron chi connectivity index (χ3n) is 3.82. The Bertz CT molecular complexity index is 397. The van der Waals surface area contributed by atoms with Gasteiger partial charge in [0, 0.05) is 5.41 Å². The lowest BCUT2D eigenvalue weighted by atomic mass is 9.78. The first-order chi connectivity index (χ1) is 8.33. The van der Waals surface area contributed by atoms with E-state index in [2.05, 4.69) is 24.0 Å². The van der Waals surface area contributed by atoms with Crippen molar-refractivity contribution >= 4 is 0 Å². The van der Waals surface area contributed by atoms with Gasteiger partial charge >= 0.3 is 0 Å². The van der Waals surface area contributed by atoms with Crippen LogP contribution in [0.5, 0.6) is 0 Å². The molecule has 18 heavy (non-hydrogen) atoms. The Kier molecular flexibility index (Phi) is 3.49. The van der Waals surface area contributed by atoms with Gasteiger partial charge in [0.25, 0.3) is 0 Å². The van der Waals surface area contributed by atoms with Gasteiger partial charge in [-0.2, -0.15) is 4.98 Å². The van der Waals surface area contributed by atoms with Gasteiger partial charge < -0.3 is 10.3 Å². The maximum atomic E-state index is 6.03. The highest BCUT2D eigenvalue weighted by Crippen LogP contribution is 2.45. The summed E-state index contributed by atoms with van der Waals surface area (Å²) >= 11 is 0. The van der Waals surface area contributed by atoms with Crippen molar-refractivity contribution in [2.24, 2.45) is 11.7 Å². The molecule has 0 amide bonds. The van der Waals surface area contributed by atoms with Gasteiger partial charge in [0.2, 0.25) is 5.89 Å². The molecule has 1 aromatic rings. The lowest BCUT2D eigenvalue weighted by molar-refractivity contribution is 0.242. The average Bonchev–Trinajstić information content (AvgIpc) is 2.82. The number of hydrogen-bond donors (Lipinski definition) is 1. The van der Waals surface area contributed by atoms with E-state index >= 15 is 0 Å². The zero-order chi connectivity index (χ0) is 13.4. The van der Waals surface area contributed by atoms with E-state index in [1.165, 1.54) is 12.8 Å². The van der Waals surface area contributed by atoms with Crippen molar-refractivity contribution in [1.29, 1.82) is 0 Å². The summed E-state index contributed by atoms with van der Waals surface area (Å²) in [5.41, 5.74) is 5.60. The van der Waals surface area contributed by atoms with Crippen molar-refractivity contribution in [1.82, 2.24) is 10.1 Å². The van der Waals surface area contributed by atoms with E-state index in [0.29, 0.717) is 11.7 Å². The number of hydrogen-bond acceptors (Lipinski definition) is 4.